The molecular formula is C26H31NO3S. The summed E-state index contributed by atoms with van der Waals surface area (Å²) in [4.78, 5) is 4.41. The summed E-state index contributed by atoms with van der Waals surface area (Å²) in [6.45, 7) is 9.81. The summed E-state index contributed by atoms with van der Waals surface area (Å²) in [5, 5.41) is 10.1. The number of hydrogen-bond acceptors (Lipinski definition) is 5. The normalized spacial score (nSPS) is 11.5. The first kappa shape index (κ1) is 23.0. The highest BCUT2D eigenvalue weighted by molar-refractivity contribution is 7.99. The third-order valence-electron chi connectivity index (χ3n) is 4.57. The Bertz CT molecular complexity index is 979. The van der Waals surface area contributed by atoms with E-state index >= 15 is 0 Å². The molecule has 0 aliphatic rings. The Labute approximate surface area is 189 Å². The van der Waals surface area contributed by atoms with Crippen molar-refractivity contribution in [2.45, 2.75) is 49.6 Å². The minimum Gasteiger partial charge on any atom is -0.508 e. The fraction of sp³-hybridized carbons (Fsp3) is 0.308. The van der Waals surface area contributed by atoms with Crippen molar-refractivity contribution in [3.8, 4) is 23.0 Å². The quantitative estimate of drug-likeness (QED) is 0.412. The molecule has 0 atom stereocenters. The molecule has 1 N–H and O–H groups in total. The molecule has 0 unspecified atom stereocenters. The Morgan fingerprint density at radius 3 is 1.94 bits per heavy atom. The van der Waals surface area contributed by atoms with E-state index in [-0.39, 0.29) is 5.60 Å². The van der Waals surface area contributed by atoms with Gasteiger partial charge in [0.25, 0.3) is 0 Å². The molecule has 3 rings (SSSR count). The summed E-state index contributed by atoms with van der Waals surface area (Å²) in [5.74, 6) is 2.64. The zero-order valence-electron chi connectivity index (χ0n) is 18.9. The van der Waals surface area contributed by atoms with Crippen LogP contribution in [0.5, 0.6) is 23.0 Å². The van der Waals surface area contributed by atoms with Gasteiger partial charge in [0.05, 0.1) is 0 Å². The molecule has 0 saturated carbocycles. The third kappa shape index (κ3) is 7.23. The van der Waals surface area contributed by atoms with E-state index in [4.69, 9.17) is 9.47 Å². The van der Waals surface area contributed by atoms with Crippen molar-refractivity contribution in [3.63, 3.8) is 0 Å². The monoisotopic (exact) mass is 437 g/mol. The Morgan fingerprint density at radius 2 is 1.39 bits per heavy atom. The lowest BCUT2D eigenvalue weighted by molar-refractivity contribution is 0.131. The Kier molecular flexibility index (Phi) is 7.52. The lowest BCUT2D eigenvalue weighted by Gasteiger charge is -2.21. The molecule has 0 spiro atoms. The summed E-state index contributed by atoms with van der Waals surface area (Å²) in [5.41, 5.74) is 0.655. The molecule has 3 aromatic rings. The zero-order chi connectivity index (χ0) is 22.4. The van der Waals surface area contributed by atoms with Crippen molar-refractivity contribution in [1.82, 2.24) is 4.90 Å². The SMILES string of the molecule is CCN(C)Cc1cc(Oc2ccc(Sc3ccc(OC(C)(C)C)cc3)cc2)ccc1O. The van der Waals surface area contributed by atoms with Crippen LogP contribution in [0.1, 0.15) is 33.3 Å². The van der Waals surface area contributed by atoms with Gasteiger partial charge in [0.1, 0.15) is 28.6 Å². The summed E-state index contributed by atoms with van der Waals surface area (Å²) < 4.78 is 11.9. The highest BCUT2D eigenvalue weighted by atomic mass is 32.2. The summed E-state index contributed by atoms with van der Waals surface area (Å²) in [7, 11) is 2.02. The van der Waals surface area contributed by atoms with Gasteiger partial charge in [-0.3, -0.25) is 0 Å². The lowest BCUT2D eigenvalue weighted by Crippen LogP contribution is -2.22. The van der Waals surface area contributed by atoms with Crippen LogP contribution in [-0.4, -0.2) is 29.2 Å². The van der Waals surface area contributed by atoms with Gasteiger partial charge < -0.3 is 19.5 Å². The van der Waals surface area contributed by atoms with Crippen molar-refractivity contribution >= 4 is 11.8 Å². The third-order valence-corrected chi connectivity index (χ3v) is 5.59. The first-order valence-corrected chi connectivity index (χ1v) is 11.3. The van der Waals surface area contributed by atoms with E-state index in [1.807, 2.05) is 70.3 Å². The molecule has 164 valence electrons. The van der Waals surface area contributed by atoms with Crippen LogP contribution in [-0.2, 0) is 6.54 Å². The maximum Gasteiger partial charge on any atom is 0.128 e. The lowest BCUT2D eigenvalue weighted by atomic mass is 10.2. The van der Waals surface area contributed by atoms with E-state index in [1.165, 1.54) is 0 Å². The summed E-state index contributed by atoms with van der Waals surface area (Å²) in [6.07, 6.45) is 0. The van der Waals surface area contributed by atoms with Crippen molar-refractivity contribution < 1.29 is 14.6 Å². The second kappa shape index (κ2) is 10.1. The maximum absolute atomic E-state index is 10.1. The van der Waals surface area contributed by atoms with Crippen LogP contribution in [0, 0.1) is 0 Å². The molecule has 3 aromatic carbocycles. The fourth-order valence-electron chi connectivity index (χ4n) is 2.93. The minimum atomic E-state index is -0.200. The molecule has 0 aliphatic heterocycles. The largest absolute Gasteiger partial charge is 0.508 e. The Morgan fingerprint density at radius 1 is 0.839 bits per heavy atom. The smallest absolute Gasteiger partial charge is 0.128 e. The van der Waals surface area contributed by atoms with Gasteiger partial charge >= 0.3 is 0 Å². The molecule has 0 amide bonds. The molecule has 0 saturated heterocycles. The van der Waals surface area contributed by atoms with Crippen molar-refractivity contribution in [3.05, 3.63) is 72.3 Å². The highest BCUT2D eigenvalue weighted by Gasteiger charge is 2.11. The van der Waals surface area contributed by atoms with Crippen LogP contribution in [0.4, 0.5) is 0 Å². The standard InChI is InChI=1S/C26H31NO3S/c1-6-27(5)18-19-17-22(11-16-25(19)28)29-20-7-12-23(13-8-20)31-24-14-9-21(10-15-24)30-26(2,3)4/h7-17,28H,6,18H2,1-5H3. The molecule has 5 heteroatoms. The van der Waals surface area contributed by atoms with Crippen molar-refractivity contribution in [1.29, 1.82) is 0 Å². The van der Waals surface area contributed by atoms with Gasteiger partial charge in [-0.25, -0.2) is 0 Å². The van der Waals surface area contributed by atoms with E-state index in [1.54, 1.807) is 23.9 Å². The number of ether oxygens (including phenoxy) is 2. The predicted molar refractivity (Wildman–Crippen MR) is 128 cm³/mol. The molecule has 0 bridgehead atoms. The summed E-state index contributed by atoms with van der Waals surface area (Å²) in [6, 6.07) is 21.5. The van der Waals surface area contributed by atoms with E-state index in [2.05, 4.69) is 24.0 Å². The van der Waals surface area contributed by atoms with Gasteiger partial charge in [-0.15, -0.1) is 0 Å². The van der Waals surface area contributed by atoms with Crippen LogP contribution in [0.3, 0.4) is 0 Å². The van der Waals surface area contributed by atoms with E-state index in [0.717, 1.165) is 33.4 Å². The molecule has 0 heterocycles. The van der Waals surface area contributed by atoms with Gasteiger partial charge in [-0.05, 0) is 101 Å². The van der Waals surface area contributed by atoms with E-state index < -0.39 is 0 Å². The second-order valence-electron chi connectivity index (χ2n) is 8.48. The number of phenolic OH excluding ortho intramolecular Hbond substituents is 1. The van der Waals surface area contributed by atoms with Crippen LogP contribution in [0.2, 0.25) is 0 Å². The van der Waals surface area contributed by atoms with Crippen molar-refractivity contribution in [2.24, 2.45) is 0 Å². The predicted octanol–water partition coefficient (Wildman–Crippen LogP) is 6.96. The van der Waals surface area contributed by atoms with Gasteiger partial charge in [0.15, 0.2) is 0 Å². The molecule has 4 nitrogen and oxygen atoms in total. The van der Waals surface area contributed by atoms with Crippen LogP contribution in [0.25, 0.3) is 0 Å². The molecule has 31 heavy (non-hydrogen) atoms. The summed E-state index contributed by atoms with van der Waals surface area (Å²) >= 11 is 1.69. The molecule has 0 aliphatic carbocycles. The van der Waals surface area contributed by atoms with Gasteiger partial charge in [0.2, 0.25) is 0 Å². The van der Waals surface area contributed by atoms with Gasteiger partial charge in [-0.1, -0.05) is 18.7 Å². The number of phenols is 1. The van der Waals surface area contributed by atoms with Crippen LogP contribution >= 0.6 is 11.8 Å². The second-order valence-corrected chi connectivity index (χ2v) is 9.63. The molecule has 0 aromatic heterocycles. The number of rotatable bonds is 8. The van der Waals surface area contributed by atoms with Crippen LogP contribution < -0.4 is 9.47 Å². The molecular weight excluding hydrogens is 406 g/mol. The average molecular weight is 438 g/mol. The number of nitrogens with zero attached hydrogens (tertiary/aromatic N) is 1. The van der Waals surface area contributed by atoms with E-state index in [9.17, 15) is 5.11 Å². The number of hydrogen-bond donors (Lipinski definition) is 1. The molecule has 0 fully saturated rings. The Balaban J connectivity index is 1.62. The number of benzene rings is 3. The van der Waals surface area contributed by atoms with Crippen molar-refractivity contribution in [2.75, 3.05) is 13.6 Å². The van der Waals surface area contributed by atoms with Crippen LogP contribution in [0.15, 0.2) is 76.5 Å². The minimum absolute atomic E-state index is 0.200. The Hall–Kier alpha value is -2.63. The first-order valence-electron chi connectivity index (χ1n) is 10.5. The number of aromatic hydroxyl groups is 1. The maximum atomic E-state index is 10.1. The van der Waals surface area contributed by atoms with E-state index in [0.29, 0.717) is 18.0 Å². The fourth-order valence-corrected chi connectivity index (χ4v) is 3.75. The molecule has 0 radical (unpaired) electrons. The van der Waals surface area contributed by atoms with Gasteiger partial charge in [0, 0.05) is 21.9 Å². The first-order chi connectivity index (χ1) is 14.7. The highest BCUT2D eigenvalue weighted by Crippen LogP contribution is 2.33. The average Bonchev–Trinajstić information content (AvgIpc) is 2.72. The zero-order valence-corrected chi connectivity index (χ0v) is 19.7. The van der Waals surface area contributed by atoms with Gasteiger partial charge in [-0.2, -0.15) is 0 Å². The topological polar surface area (TPSA) is 41.9 Å².